The highest BCUT2D eigenvalue weighted by atomic mass is 35.5. The molecule has 1 aromatic heterocycles. The van der Waals surface area contributed by atoms with Gasteiger partial charge in [-0.2, -0.15) is 0 Å². The lowest BCUT2D eigenvalue weighted by molar-refractivity contribution is 0.101. The number of halogens is 1. The van der Waals surface area contributed by atoms with Crippen LogP contribution in [0.25, 0.3) is 0 Å². The lowest BCUT2D eigenvalue weighted by atomic mass is 10.2. The van der Waals surface area contributed by atoms with Crippen LogP contribution in [0, 0.1) is 0 Å². The molecule has 0 bridgehead atoms. The quantitative estimate of drug-likeness (QED) is 0.867. The van der Waals surface area contributed by atoms with Crippen LogP contribution in [-0.4, -0.2) is 39.4 Å². The van der Waals surface area contributed by atoms with Crippen molar-refractivity contribution in [2.45, 2.75) is 38.5 Å². The number of aromatic nitrogens is 3. The highest BCUT2D eigenvalue weighted by Crippen LogP contribution is 2.28. The summed E-state index contributed by atoms with van der Waals surface area (Å²) >= 11 is 6.09. The lowest BCUT2D eigenvalue weighted by Crippen LogP contribution is -2.26. The fourth-order valence-corrected chi connectivity index (χ4v) is 3.67. The zero-order valence-electron chi connectivity index (χ0n) is 13.1. The largest absolute Gasteiger partial charge is 0.370 e. The molecule has 2 aliphatic heterocycles. The third-order valence-corrected chi connectivity index (χ3v) is 4.90. The Morgan fingerprint density at radius 3 is 3.00 bits per heavy atom. The molecule has 1 saturated heterocycles. The predicted octanol–water partition coefficient (Wildman–Crippen LogP) is 2.84. The van der Waals surface area contributed by atoms with Crippen LogP contribution in [0.2, 0.25) is 5.02 Å². The van der Waals surface area contributed by atoms with E-state index < -0.39 is 0 Å². The first-order chi connectivity index (χ1) is 11.3. The van der Waals surface area contributed by atoms with Crippen molar-refractivity contribution in [3.8, 4) is 0 Å². The molecule has 0 radical (unpaired) electrons. The molecule has 2 aromatic rings. The van der Waals surface area contributed by atoms with Crippen molar-refractivity contribution in [2.75, 3.05) is 19.7 Å². The molecule has 0 amide bonds. The van der Waals surface area contributed by atoms with E-state index in [0.29, 0.717) is 0 Å². The summed E-state index contributed by atoms with van der Waals surface area (Å²) in [6.07, 6.45) is 3.24. The molecule has 0 aliphatic carbocycles. The molecule has 23 heavy (non-hydrogen) atoms. The van der Waals surface area contributed by atoms with Gasteiger partial charge >= 0.3 is 0 Å². The van der Waals surface area contributed by atoms with E-state index in [9.17, 15) is 0 Å². The molecule has 0 spiro atoms. The summed E-state index contributed by atoms with van der Waals surface area (Å²) < 4.78 is 8.06. The molecule has 2 aliphatic rings. The van der Waals surface area contributed by atoms with Crippen LogP contribution in [0.3, 0.4) is 0 Å². The minimum absolute atomic E-state index is 0.135. The van der Waals surface area contributed by atoms with Gasteiger partial charge in [-0.25, -0.2) is 0 Å². The highest BCUT2D eigenvalue weighted by molar-refractivity contribution is 6.30. The van der Waals surface area contributed by atoms with E-state index in [2.05, 4.69) is 25.7 Å². The zero-order chi connectivity index (χ0) is 15.6. The third-order valence-electron chi connectivity index (χ3n) is 4.66. The van der Waals surface area contributed by atoms with Crippen LogP contribution in [-0.2, 0) is 24.2 Å². The van der Waals surface area contributed by atoms with Crippen LogP contribution < -0.4 is 0 Å². The zero-order valence-corrected chi connectivity index (χ0v) is 13.9. The number of benzene rings is 1. The van der Waals surface area contributed by atoms with Crippen LogP contribution in [0.1, 0.15) is 36.2 Å². The van der Waals surface area contributed by atoms with E-state index in [0.717, 1.165) is 68.7 Å². The second-order valence-corrected chi connectivity index (χ2v) is 6.72. The number of fused-ring (bicyclic) bond motifs is 1. The van der Waals surface area contributed by atoms with Crippen LogP contribution in [0.4, 0.5) is 0 Å². The molecule has 3 heterocycles. The first-order valence-electron chi connectivity index (χ1n) is 8.30. The van der Waals surface area contributed by atoms with Crippen molar-refractivity contribution in [2.24, 2.45) is 0 Å². The maximum atomic E-state index is 6.09. The monoisotopic (exact) mass is 332 g/mol. The van der Waals surface area contributed by atoms with Gasteiger partial charge in [-0.05, 0) is 30.5 Å². The molecule has 4 rings (SSSR count). The SMILES string of the molecule is Clc1cccc(CN2CCc3nnc([C@@H]4CCCO4)n3CC2)c1. The summed E-state index contributed by atoms with van der Waals surface area (Å²) in [5.74, 6) is 2.10. The average Bonchev–Trinajstić information content (AvgIpc) is 3.16. The smallest absolute Gasteiger partial charge is 0.162 e. The second-order valence-electron chi connectivity index (χ2n) is 6.28. The summed E-state index contributed by atoms with van der Waals surface area (Å²) in [7, 11) is 0. The van der Waals surface area contributed by atoms with Gasteiger partial charge in [-0.3, -0.25) is 4.90 Å². The molecular formula is C17H21ClN4O. The second kappa shape index (κ2) is 6.59. The van der Waals surface area contributed by atoms with Crippen molar-refractivity contribution in [1.29, 1.82) is 0 Å². The Balaban J connectivity index is 1.46. The van der Waals surface area contributed by atoms with E-state index in [1.165, 1.54) is 5.56 Å². The highest BCUT2D eigenvalue weighted by Gasteiger charge is 2.26. The number of nitrogens with zero attached hydrogens (tertiary/aromatic N) is 4. The molecule has 0 N–H and O–H groups in total. The predicted molar refractivity (Wildman–Crippen MR) is 88.4 cm³/mol. The fourth-order valence-electron chi connectivity index (χ4n) is 3.46. The van der Waals surface area contributed by atoms with Gasteiger partial charge in [-0.15, -0.1) is 10.2 Å². The first-order valence-corrected chi connectivity index (χ1v) is 8.68. The minimum atomic E-state index is 0.135. The van der Waals surface area contributed by atoms with Gasteiger partial charge in [0.25, 0.3) is 0 Å². The Labute approximate surface area is 141 Å². The summed E-state index contributed by atoms with van der Waals surface area (Å²) in [5, 5.41) is 9.60. The Morgan fingerprint density at radius 2 is 2.17 bits per heavy atom. The Hall–Kier alpha value is -1.43. The molecule has 0 unspecified atom stereocenters. The number of rotatable bonds is 3. The van der Waals surface area contributed by atoms with Crippen molar-refractivity contribution in [3.05, 3.63) is 46.5 Å². The summed E-state index contributed by atoms with van der Waals surface area (Å²) in [5.41, 5.74) is 1.26. The molecule has 0 saturated carbocycles. The number of hydrogen-bond donors (Lipinski definition) is 0. The summed E-state index contributed by atoms with van der Waals surface area (Å²) in [6, 6.07) is 8.11. The van der Waals surface area contributed by atoms with Gasteiger partial charge < -0.3 is 9.30 Å². The van der Waals surface area contributed by atoms with Crippen LogP contribution >= 0.6 is 11.6 Å². The number of ether oxygens (including phenoxy) is 1. The van der Waals surface area contributed by atoms with Crippen LogP contribution in [0.15, 0.2) is 24.3 Å². The molecule has 1 aromatic carbocycles. The van der Waals surface area contributed by atoms with Crippen molar-refractivity contribution < 1.29 is 4.74 Å². The maximum absolute atomic E-state index is 6.09. The Bertz CT molecular complexity index is 681. The topological polar surface area (TPSA) is 43.2 Å². The van der Waals surface area contributed by atoms with Gasteiger partial charge in [0, 0.05) is 44.2 Å². The summed E-state index contributed by atoms with van der Waals surface area (Å²) in [6.45, 7) is 4.69. The van der Waals surface area contributed by atoms with Gasteiger partial charge in [0.05, 0.1) is 0 Å². The Kier molecular flexibility index (Phi) is 4.33. The van der Waals surface area contributed by atoms with Gasteiger partial charge in [-0.1, -0.05) is 23.7 Å². The molecule has 5 nitrogen and oxygen atoms in total. The molecule has 6 heteroatoms. The number of hydrogen-bond acceptors (Lipinski definition) is 4. The fraction of sp³-hybridized carbons (Fsp3) is 0.529. The van der Waals surface area contributed by atoms with E-state index in [1.54, 1.807) is 0 Å². The van der Waals surface area contributed by atoms with Crippen LogP contribution in [0.5, 0.6) is 0 Å². The molecule has 1 fully saturated rings. The Morgan fingerprint density at radius 1 is 1.22 bits per heavy atom. The van der Waals surface area contributed by atoms with Gasteiger partial charge in [0.2, 0.25) is 0 Å². The molecular weight excluding hydrogens is 312 g/mol. The normalized spacial score (nSPS) is 22.0. The van der Waals surface area contributed by atoms with Gasteiger partial charge in [0.15, 0.2) is 5.82 Å². The maximum Gasteiger partial charge on any atom is 0.162 e. The van der Waals surface area contributed by atoms with Gasteiger partial charge in [0.1, 0.15) is 11.9 Å². The first kappa shape index (κ1) is 15.1. The minimum Gasteiger partial charge on any atom is -0.370 e. The van der Waals surface area contributed by atoms with Crippen molar-refractivity contribution >= 4 is 11.6 Å². The van der Waals surface area contributed by atoms with Crippen molar-refractivity contribution in [3.63, 3.8) is 0 Å². The molecule has 122 valence electrons. The summed E-state index contributed by atoms with van der Waals surface area (Å²) in [4.78, 5) is 2.46. The van der Waals surface area contributed by atoms with Crippen molar-refractivity contribution in [1.82, 2.24) is 19.7 Å². The molecule has 1 atom stereocenters. The van der Waals surface area contributed by atoms with E-state index in [1.807, 2.05) is 18.2 Å². The van der Waals surface area contributed by atoms with E-state index >= 15 is 0 Å². The third kappa shape index (κ3) is 3.27. The lowest BCUT2D eigenvalue weighted by Gasteiger charge is -2.20. The standard InChI is InChI=1S/C17H21ClN4O/c18-14-4-1-3-13(11-14)12-21-7-6-16-19-20-17(22(16)9-8-21)15-5-2-10-23-15/h1,3-4,11,15H,2,5-10,12H2/t15-/m0/s1. The van der Waals surface area contributed by atoms with E-state index in [-0.39, 0.29) is 6.10 Å². The average molecular weight is 333 g/mol. The van der Waals surface area contributed by atoms with E-state index in [4.69, 9.17) is 16.3 Å².